The van der Waals surface area contributed by atoms with Crippen molar-refractivity contribution < 1.29 is 23.9 Å². The van der Waals surface area contributed by atoms with Gasteiger partial charge in [0.05, 0.1) is 5.02 Å². The third-order valence-electron chi connectivity index (χ3n) is 4.55. The van der Waals surface area contributed by atoms with Gasteiger partial charge in [0, 0.05) is 30.6 Å². The van der Waals surface area contributed by atoms with Gasteiger partial charge in [0.15, 0.2) is 0 Å². The third kappa shape index (κ3) is 4.11. The van der Waals surface area contributed by atoms with E-state index in [1.807, 2.05) is 0 Å². The molecule has 1 saturated heterocycles. The predicted octanol–water partition coefficient (Wildman–Crippen LogP) is 2.13. The van der Waals surface area contributed by atoms with Gasteiger partial charge in [-0.25, -0.2) is 4.79 Å². The largest absolute Gasteiger partial charge is 0.444 e. The van der Waals surface area contributed by atoms with Crippen LogP contribution in [-0.2, 0) is 27.4 Å². The zero-order valence-corrected chi connectivity index (χ0v) is 16.7. The molecule has 3 rings (SSSR count). The van der Waals surface area contributed by atoms with Crippen LogP contribution in [0.1, 0.15) is 55.1 Å². The Labute approximate surface area is 167 Å². The number of halogens is 1. The maximum absolute atomic E-state index is 12.7. The highest BCUT2D eigenvalue weighted by Gasteiger charge is 2.40. The van der Waals surface area contributed by atoms with Crippen LogP contribution in [-0.4, -0.2) is 40.4 Å². The Balaban J connectivity index is 1.73. The summed E-state index contributed by atoms with van der Waals surface area (Å²) in [6.45, 7) is 5.63. The summed E-state index contributed by atoms with van der Waals surface area (Å²) in [4.78, 5) is 49.5. The summed E-state index contributed by atoms with van der Waals surface area (Å²) in [5.74, 6) is -1.10. The molecule has 4 amide bonds. The number of amides is 4. The fraction of sp³-hybridized carbons (Fsp3) is 0.474. The molecule has 2 aliphatic rings. The molecule has 0 saturated carbocycles. The maximum Gasteiger partial charge on any atom is 0.407 e. The van der Waals surface area contributed by atoms with E-state index in [0.717, 1.165) is 0 Å². The molecule has 0 aromatic heterocycles. The van der Waals surface area contributed by atoms with Crippen molar-refractivity contribution in [2.75, 3.05) is 0 Å². The Kier molecular flexibility index (Phi) is 5.34. The number of nitrogens with zero attached hydrogens (tertiary/aromatic N) is 1. The van der Waals surface area contributed by atoms with Crippen molar-refractivity contribution >= 4 is 35.4 Å². The molecule has 9 heteroatoms. The van der Waals surface area contributed by atoms with Crippen LogP contribution >= 0.6 is 11.6 Å². The molecular weight excluding hydrogens is 386 g/mol. The van der Waals surface area contributed by atoms with Gasteiger partial charge in [0.1, 0.15) is 11.6 Å². The first-order valence-corrected chi connectivity index (χ1v) is 9.36. The van der Waals surface area contributed by atoms with E-state index in [1.165, 1.54) is 4.90 Å². The van der Waals surface area contributed by atoms with Crippen LogP contribution < -0.4 is 10.6 Å². The van der Waals surface area contributed by atoms with Crippen molar-refractivity contribution in [3.63, 3.8) is 0 Å². The minimum Gasteiger partial charge on any atom is -0.444 e. The monoisotopic (exact) mass is 407 g/mol. The first-order chi connectivity index (χ1) is 13.1. The Morgan fingerprint density at radius 3 is 2.68 bits per heavy atom. The van der Waals surface area contributed by atoms with Crippen LogP contribution in [0.3, 0.4) is 0 Å². The molecular formula is C19H22ClN3O5. The normalized spacial score (nSPS) is 19.4. The Hall–Kier alpha value is -2.61. The van der Waals surface area contributed by atoms with Crippen molar-refractivity contribution in [2.24, 2.45) is 0 Å². The maximum atomic E-state index is 12.7. The zero-order valence-electron chi connectivity index (χ0n) is 15.9. The number of carbonyl (C=O) groups is 4. The fourth-order valence-corrected chi connectivity index (χ4v) is 3.56. The summed E-state index contributed by atoms with van der Waals surface area (Å²) in [7, 11) is 0. The van der Waals surface area contributed by atoms with Crippen LogP contribution in [0.5, 0.6) is 0 Å². The smallest absolute Gasteiger partial charge is 0.407 e. The lowest BCUT2D eigenvalue weighted by Crippen LogP contribution is -2.52. The first kappa shape index (κ1) is 20.1. The van der Waals surface area contributed by atoms with E-state index in [1.54, 1.807) is 32.9 Å². The molecule has 1 unspecified atom stereocenters. The number of hydrogen-bond acceptors (Lipinski definition) is 5. The van der Waals surface area contributed by atoms with Gasteiger partial charge in [0.25, 0.3) is 5.91 Å². The standard InChI is InChI=1S/C19H22ClN3O5/c1-19(2,3)28-18(27)21-8-10-4-5-11-12(15(10)20)9-23(17(11)26)13-6-7-14(24)22-16(13)25/h4-5,13H,6-9H2,1-3H3,(H,21,27)(H,22,24,25). The van der Waals surface area contributed by atoms with E-state index in [4.69, 9.17) is 16.3 Å². The number of hydrogen-bond donors (Lipinski definition) is 2. The number of ether oxygens (including phenoxy) is 1. The quantitative estimate of drug-likeness (QED) is 0.747. The van der Waals surface area contributed by atoms with E-state index in [9.17, 15) is 19.2 Å². The Morgan fingerprint density at radius 2 is 2.04 bits per heavy atom. The molecule has 8 nitrogen and oxygen atoms in total. The van der Waals surface area contributed by atoms with Gasteiger partial charge in [-0.2, -0.15) is 0 Å². The van der Waals surface area contributed by atoms with E-state index >= 15 is 0 Å². The summed E-state index contributed by atoms with van der Waals surface area (Å²) in [5.41, 5.74) is 1.07. The molecule has 0 spiro atoms. The minimum absolute atomic E-state index is 0.146. The molecule has 2 N–H and O–H groups in total. The first-order valence-electron chi connectivity index (χ1n) is 8.98. The van der Waals surface area contributed by atoms with E-state index in [0.29, 0.717) is 21.7 Å². The van der Waals surface area contributed by atoms with Crippen molar-refractivity contribution in [2.45, 2.75) is 58.3 Å². The van der Waals surface area contributed by atoms with Gasteiger partial charge in [0.2, 0.25) is 11.8 Å². The number of benzene rings is 1. The number of fused-ring (bicyclic) bond motifs is 1. The van der Waals surface area contributed by atoms with Gasteiger partial charge < -0.3 is 15.0 Å². The van der Waals surface area contributed by atoms with Gasteiger partial charge >= 0.3 is 6.09 Å². The molecule has 1 atom stereocenters. The molecule has 0 aliphatic carbocycles. The van der Waals surface area contributed by atoms with E-state index in [2.05, 4.69) is 10.6 Å². The predicted molar refractivity (Wildman–Crippen MR) is 101 cm³/mol. The summed E-state index contributed by atoms with van der Waals surface area (Å²) < 4.78 is 5.20. The molecule has 1 fully saturated rings. The highest BCUT2D eigenvalue weighted by molar-refractivity contribution is 6.33. The van der Waals surface area contributed by atoms with Gasteiger partial charge in [-0.05, 0) is 38.8 Å². The topological polar surface area (TPSA) is 105 Å². The Morgan fingerprint density at radius 1 is 1.32 bits per heavy atom. The van der Waals surface area contributed by atoms with Crippen molar-refractivity contribution in [3.05, 3.63) is 33.8 Å². The van der Waals surface area contributed by atoms with Gasteiger partial charge in [-0.15, -0.1) is 0 Å². The molecule has 1 aromatic rings. The molecule has 150 valence electrons. The Bertz CT molecular complexity index is 862. The lowest BCUT2D eigenvalue weighted by atomic mass is 10.0. The molecule has 2 heterocycles. The van der Waals surface area contributed by atoms with Crippen LogP contribution in [0.25, 0.3) is 0 Å². The number of piperidine rings is 1. The van der Waals surface area contributed by atoms with E-state index in [-0.39, 0.29) is 37.7 Å². The lowest BCUT2D eigenvalue weighted by Gasteiger charge is -2.29. The SMILES string of the molecule is CC(C)(C)OC(=O)NCc1ccc2c(c1Cl)CN(C1CCC(=O)NC1=O)C2=O. The number of rotatable bonds is 3. The van der Waals surface area contributed by atoms with Gasteiger partial charge in [-0.3, -0.25) is 19.7 Å². The van der Waals surface area contributed by atoms with Crippen LogP contribution in [0.15, 0.2) is 12.1 Å². The second-order valence-corrected chi connectivity index (χ2v) is 8.20. The minimum atomic E-state index is -0.697. The zero-order chi connectivity index (χ0) is 20.6. The number of carbonyl (C=O) groups excluding carboxylic acids is 4. The number of imide groups is 1. The lowest BCUT2D eigenvalue weighted by molar-refractivity contribution is -0.136. The third-order valence-corrected chi connectivity index (χ3v) is 5.02. The number of alkyl carbamates (subject to hydrolysis) is 1. The number of nitrogens with one attached hydrogen (secondary N) is 2. The molecule has 28 heavy (non-hydrogen) atoms. The summed E-state index contributed by atoms with van der Waals surface area (Å²) in [6.07, 6.45) is -0.0879. The van der Waals surface area contributed by atoms with Crippen LogP contribution in [0.2, 0.25) is 5.02 Å². The average molecular weight is 408 g/mol. The van der Waals surface area contributed by atoms with E-state index < -0.39 is 23.6 Å². The summed E-state index contributed by atoms with van der Waals surface area (Å²) in [5, 5.41) is 5.28. The van der Waals surface area contributed by atoms with Crippen molar-refractivity contribution in [1.82, 2.24) is 15.5 Å². The molecule has 0 radical (unpaired) electrons. The highest BCUT2D eigenvalue weighted by Crippen LogP contribution is 2.34. The average Bonchev–Trinajstić information content (AvgIpc) is 2.90. The van der Waals surface area contributed by atoms with Crippen LogP contribution in [0, 0.1) is 0 Å². The second kappa shape index (κ2) is 7.43. The fourth-order valence-electron chi connectivity index (χ4n) is 3.27. The van der Waals surface area contributed by atoms with Crippen molar-refractivity contribution in [1.29, 1.82) is 0 Å². The summed E-state index contributed by atoms with van der Waals surface area (Å²) in [6, 6.07) is 2.61. The molecule has 1 aromatic carbocycles. The summed E-state index contributed by atoms with van der Waals surface area (Å²) >= 11 is 6.47. The van der Waals surface area contributed by atoms with Gasteiger partial charge in [-0.1, -0.05) is 17.7 Å². The highest BCUT2D eigenvalue weighted by atomic mass is 35.5. The second-order valence-electron chi connectivity index (χ2n) is 7.82. The molecule has 0 bridgehead atoms. The molecule has 2 aliphatic heterocycles. The van der Waals surface area contributed by atoms with Crippen molar-refractivity contribution in [3.8, 4) is 0 Å². The van der Waals surface area contributed by atoms with Crippen LogP contribution in [0.4, 0.5) is 4.79 Å².